The standard InChI is InChI=1S/C20H31N3O2.ClH/c1-14(2)13-22-20(25)17-6-4-5-7-18(17)23-19(24)12-15(3)16-8-10-21-11-9-16;/h4-7,14-16,21H,8-13H2,1-3H3,(H,22,25)(H,23,24);1H. The maximum atomic E-state index is 12.4. The van der Waals surface area contributed by atoms with Gasteiger partial charge in [-0.1, -0.05) is 32.9 Å². The predicted molar refractivity (Wildman–Crippen MR) is 109 cm³/mol. The Hall–Kier alpha value is -1.59. The summed E-state index contributed by atoms with van der Waals surface area (Å²) in [5, 5.41) is 9.20. The second-order valence-electron chi connectivity index (χ2n) is 7.47. The fourth-order valence-electron chi connectivity index (χ4n) is 3.26. The lowest BCUT2D eigenvalue weighted by molar-refractivity contribution is -0.117. The van der Waals surface area contributed by atoms with Crippen molar-refractivity contribution >= 4 is 29.9 Å². The molecule has 0 aromatic heterocycles. The summed E-state index contributed by atoms with van der Waals surface area (Å²) in [5.41, 5.74) is 1.11. The van der Waals surface area contributed by atoms with Crippen LogP contribution in [-0.2, 0) is 4.79 Å². The van der Waals surface area contributed by atoms with Gasteiger partial charge >= 0.3 is 0 Å². The molecule has 3 N–H and O–H groups in total. The van der Waals surface area contributed by atoms with Crippen molar-refractivity contribution in [3.63, 3.8) is 0 Å². The molecule has 6 heteroatoms. The smallest absolute Gasteiger partial charge is 0.253 e. The summed E-state index contributed by atoms with van der Waals surface area (Å²) in [6.45, 7) is 8.95. The number of carbonyl (C=O) groups excluding carboxylic acids is 2. The first-order valence-electron chi connectivity index (χ1n) is 9.35. The summed E-state index contributed by atoms with van der Waals surface area (Å²) in [7, 11) is 0. The molecular formula is C20H32ClN3O2. The Kier molecular flexibility index (Phi) is 9.66. The van der Waals surface area contributed by atoms with Gasteiger partial charge in [-0.15, -0.1) is 12.4 Å². The summed E-state index contributed by atoms with van der Waals surface area (Å²) in [4.78, 5) is 24.8. The minimum absolute atomic E-state index is 0. The number of halogens is 1. The van der Waals surface area contributed by atoms with Crippen molar-refractivity contribution in [1.29, 1.82) is 0 Å². The van der Waals surface area contributed by atoms with Crippen molar-refractivity contribution in [2.45, 2.75) is 40.0 Å². The van der Waals surface area contributed by atoms with Crippen molar-refractivity contribution in [2.75, 3.05) is 25.0 Å². The van der Waals surface area contributed by atoms with Crippen molar-refractivity contribution in [3.8, 4) is 0 Å². The zero-order chi connectivity index (χ0) is 18.2. The average Bonchev–Trinajstić information content (AvgIpc) is 2.60. The number of carbonyl (C=O) groups is 2. The molecule has 0 bridgehead atoms. The lowest BCUT2D eigenvalue weighted by Gasteiger charge is -2.28. The van der Waals surface area contributed by atoms with Gasteiger partial charge in [-0.2, -0.15) is 0 Å². The third-order valence-electron chi connectivity index (χ3n) is 4.81. The maximum Gasteiger partial charge on any atom is 0.253 e. The van der Waals surface area contributed by atoms with E-state index in [0.717, 1.165) is 25.9 Å². The van der Waals surface area contributed by atoms with Crippen LogP contribution in [-0.4, -0.2) is 31.4 Å². The van der Waals surface area contributed by atoms with E-state index in [1.807, 2.05) is 12.1 Å². The molecule has 0 aliphatic carbocycles. The fraction of sp³-hybridized carbons (Fsp3) is 0.600. The monoisotopic (exact) mass is 381 g/mol. The number of anilines is 1. The molecule has 1 unspecified atom stereocenters. The molecule has 26 heavy (non-hydrogen) atoms. The van der Waals surface area contributed by atoms with Crippen LogP contribution in [0.5, 0.6) is 0 Å². The Morgan fingerprint density at radius 2 is 1.81 bits per heavy atom. The van der Waals surface area contributed by atoms with Gasteiger partial charge in [0, 0.05) is 13.0 Å². The molecule has 1 aromatic carbocycles. The average molecular weight is 382 g/mol. The number of hydrogen-bond acceptors (Lipinski definition) is 3. The predicted octanol–water partition coefficient (Wildman–Crippen LogP) is 3.46. The van der Waals surface area contributed by atoms with Gasteiger partial charge in [-0.25, -0.2) is 0 Å². The van der Waals surface area contributed by atoms with Crippen molar-refractivity contribution in [3.05, 3.63) is 29.8 Å². The highest BCUT2D eigenvalue weighted by atomic mass is 35.5. The fourth-order valence-corrected chi connectivity index (χ4v) is 3.26. The number of hydrogen-bond donors (Lipinski definition) is 3. The van der Waals surface area contributed by atoms with Gasteiger partial charge in [0.15, 0.2) is 0 Å². The quantitative estimate of drug-likeness (QED) is 0.677. The highest BCUT2D eigenvalue weighted by Gasteiger charge is 2.22. The molecule has 0 spiro atoms. The van der Waals surface area contributed by atoms with Gasteiger partial charge in [-0.05, 0) is 55.8 Å². The Morgan fingerprint density at radius 3 is 2.46 bits per heavy atom. The van der Waals surface area contributed by atoms with E-state index in [-0.39, 0.29) is 24.2 Å². The molecule has 0 saturated carbocycles. The Bertz CT molecular complexity index is 586. The van der Waals surface area contributed by atoms with Crippen LogP contribution in [0.3, 0.4) is 0 Å². The van der Waals surface area contributed by atoms with Gasteiger partial charge in [0.2, 0.25) is 5.91 Å². The van der Waals surface area contributed by atoms with Crippen molar-refractivity contribution in [2.24, 2.45) is 17.8 Å². The molecule has 2 rings (SSSR count). The summed E-state index contributed by atoms with van der Waals surface area (Å²) < 4.78 is 0. The molecule has 146 valence electrons. The van der Waals surface area contributed by atoms with E-state index in [1.165, 1.54) is 0 Å². The lowest BCUT2D eigenvalue weighted by Crippen LogP contribution is -2.32. The van der Waals surface area contributed by atoms with E-state index >= 15 is 0 Å². The van der Waals surface area contributed by atoms with Crippen molar-refractivity contribution < 1.29 is 9.59 Å². The normalized spacial score (nSPS) is 15.8. The maximum absolute atomic E-state index is 12.4. The van der Waals surface area contributed by atoms with Gasteiger partial charge < -0.3 is 16.0 Å². The molecule has 0 radical (unpaired) electrons. The highest BCUT2D eigenvalue weighted by molar-refractivity contribution is 6.03. The summed E-state index contributed by atoms with van der Waals surface area (Å²) in [6.07, 6.45) is 2.75. The summed E-state index contributed by atoms with van der Waals surface area (Å²) in [6, 6.07) is 7.20. The molecule has 1 atom stereocenters. The van der Waals surface area contributed by atoms with Crippen LogP contribution >= 0.6 is 12.4 Å². The molecular weight excluding hydrogens is 350 g/mol. The number of benzene rings is 1. The molecule has 5 nitrogen and oxygen atoms in total. The third kappa shape index (κ3) is 6.96. The number of amides is 2. The van der Waals surface area contributed by atoms with E-state index in [0.29, 0.717) is 42.0 Å². The lowest BCUT2D eigenvalue weighted by atomic mass is 9.84. The van der Waals surface area contributed by atoms with Crippen LogP contribution < -0.4 is 16.0 Å². The van der Waals surface area contributed by atoms with Gasteiger partial charge in [-0.3, -0.25) is 9.59 Å². The molecule has 1 aliphatic heterocycles. The molecule has 1 heterocycles. The second-order valence-corrected chi connectivity index (χ2v) is 7.47. The van der Waals surface area contributed by atoms with Crippen molar-refractivity contribution in [1.82, 2.24) is 10.6 Å². The Balaban J connectivity index is 0.00000338. The molecule has 1 saturated heterocycles. The van der Waals surface area contributed by atoms with Gasteiger partial charge in [0.05, 0.1) is 11.3 Å². The van der Waals surface area contributed by atoms with Crippen LogP contribution in [0.25, 0.3) is 0 Å². The summed E-state index contributed by atoms with van der Waals surface area (Å²) in [5.74, 6) is 1.17. The first-order valence-corrected chi connectivity index (χ1v) is 9.35. The van der Waals surface area contributed by atoms with Crippen LogP contribution in [0.2, 0.25) is 0 Å². The minimum atomic E-state index is -0.143. The molecule has 1 fully saturated rings. The SMILES string of the molecule is CC(C)CNC(=O)c1ccccc1NC(=O)CC(C)C1CCNCC1.Cl. The van der Waals surface area contributed by atoms with E-state index in [9.17, 15) is 9.59 Å². The zero-order valence-corrected chi connectivity index (χ0v) is 16.8. The van der Waals surface area contributed by atoms with E-state index in [4.69, 9.17) is 0 Å². The van der Waals surface area contributed by atoms with Gasteiger partial charge in [0.25, 0.3) is 5.91 Å². The van der Waals surface area contributed by atoms with Gasteiger partial charge in [0.1, 0.15) is 0 Å². The Morgan fingerprint density at radius 1 is 1.15 bits per heavy atom. The number of piperidine rings is 1. The highest BCUT2D eigenvalue weighted by Crippen LogP contribution is 2.25. The van der Waals surface area contributed by atoms with Crippen LogP contribution in [0, 0.1) is 17.8 Å². The number of para-hydroxylation sites is 1. The Labute approximate surface area is 163 Å². The second kappa shape index (κ2) is 11.2. The third-order valence-corrected chi connectivity index (χ3v) is 4.81. The number of nitrogens with one attached hydrogen (secondary N) is 3. The number of rotatable bonds is 7. The largest absolute Gasteiger partial charge is 0.352 e. The van der Waals surface area contributed by atoms with E-state index in [2.05, 4.69) is 36.7 Å². The van der Waals surface area contributed by atoms with Crippen LogP contribution in [0.4, 0.5) is 5.69 Å². The molecule has 1 aliphatic rings. The van der Waals surface area contributed by atoms with E-state index in [1.54, 1.807) is 12.1 Å². The topological polar surface area (TPSA) is 70.2 Å². The first kappa shape index (κ1) is 22.5. The summed E-state index contributed by atoms with van der Waals surface area (Å²) >= 11 is 0. The van der Waals surface area contributed by atoms with E-state index < -0.39 is 0 Å². The molecule has 1 aromatic rings. The van der Waals surface area contributed by atoms with Crippen LogP contribution in [0.15, 0.2) is 24.3 Å². The minimum Gasteiger partial charge on any atom is -0.352 e. The zero-order valence-electron chi connectivity index (χ0n) is 16.0. The van der Waals surface area contributed by atoms with Crippen LogP contribution in [0.1, 0.15) is 50.4 Å². The first-order chi connectivity index (χ1) is 12.0. The molecule has 2 amide bonds.